The number of ether oxygens (including phenoxy) is 4. The molecular formula is C15H20O5. The molecule has 0 bridgehead atoms. The second-order valence-corrected chi connectivity index (χ2v) is 5.22. The van der Waals surface area contributed by atoms with Crippen LogP contribution in [0.2, 0.25) is 0 Å². The summed E-state index contributed by atoms with van der Waals surface area (Å²) in [6.45, 7) is 1.22. The van der Waals surface area contributed by atoms with E-state index in [1.165, 1.54) is 0 Å². The molecule has 0 aromatic heterocycles. The highest BCUT2D eigenvalue weighted by atomic mass is 16.7. The Kier molecular flexibility index (Phi) is 3.83. The Balaban J connectivity index is 1.74. The third kappa shape index (κ3) is 2.61. The standard InChI is InChI=1S/C15H20O5/c1-17-12-4-2-3-5-13(12)20-14-10-15(7-6-11(14)16)18-8-9-19-15/h2-5,11,14,16H,6-10H2,1H3. The lowest BCUT2D eigenvalue weighted by atomic mass is 9.89. The van der Waals surface area contributed by atoms with Crippen molar-refractivity contribution in [3.8, 4) is 11.5 Å². The summed E-state index contributed by atoms with van der Waals surface area (Å²) in [7, 11) is 1.60. The van der Waals surface area contributed by atoms with E-state index in [0.29, 0.717) is 44.0 Å². The summed E-state index contributed by atoms with van der Waals surface area (Å²) >= 11 is 0. The Morgan fingerprint density at radius 3 is 2.60 bits per heavy atom. The molecular weight excluding hydrogens is 260 g/mol. The van der Waals surface area contributed by atoms with Crippen LogP contribution in [0.5, 0.6) is 11.5 Å². The SMILES string of the molecule is COc1ccccc1OC1CC2(CCC1O)OCCO2. The summed E-state index contributed by atoms with van der Waals surface area (Å²) in [5.74, 6) is 0.716. The Labute approximate surface area is 118 Å². The first kappa shape index (κ1) is 13.7. The fourth-order valence-corrected chi connectivity index (χ4v) is 2.86. The third-order valence-electron chi connectivity index (χ3n) is 3.92. The number of hydrogen-bond donors (Lipinski definition) is 1. The molecule has 110 valence electrons. The molecule has 1 aliphatic heterocycles. The van der Waals surface area contributed by atoms with Crippen molar-refractivity contribution in [3.63, 3.8) is 0 Å². The number of hydrogen-bond acceptors (Lipinski definition) is 5. The van der Waals surface area contributed by atoms with Crippen LogP contribution in [0.3, 0.4) is 0 Å². The van der Waals surface area contributed by atoms with E-state index in [-0.39, 0.29) is 6.10 Å². The number of methoxy groups -OCH3 is 1. The van der Waals surface area contributed by atoms with E-state index in [1.807, 2.05) is 24.3 Å². The van der Waals surface area contributed by atoms with Crippen molar-refractivity contribution in [2.24, 2.45) is 0 Å². The third-order valence-corrected chi connectivity index (χ3v) is 3.92. The second kappa shape index (κ2) is 5.60. The highest BCUT2D eigenvalue weighted by molar-refractivity contribution is 5.39. The van der Waals surface area contributed by atoms with Gasteiger partial charge in [-0.1, -0.05) is 12.1 Å². The van der Waals surface area contributed by atoms with Crippen molar-refractivity contribution in [3.05, 3.63) is 24.3 Å². The summed E-state index contributed by atoms with van der Waals surface area (Å²) in [5, 5.41) is 10.2. The number of rotatable bonds is 3. The molecule has 0 amide bonds. The van der Waals surface area contributed by atoms with Gasteiger partial charge in [-0.2, -0.15) is 0 Å². The van der Waals surface area contributed by atoms with Crippen LogP contribution in [0.4, 0.5) is 0 Å². The molecule has 1 aromatic rings. The van der Waals surface area contributed by atoms with Gasteiger partial charge in [0.1, 0.15) is 6.10 Å². The zero-order valence-corrected chi connectivity index (χ0v) is 11.6. The van der Waals surface area contributed by atoms with Gasteiger partial charge in [-0.25, -0.2) is 0 Å². The first-order valence-corrected chi connectivity index (χ1v) is 6.98. The molecule has 2 fully saturated rings. The number of aliphatic hydroxyl groups excluding tert-OH is 1. The molecule has 0 radical (unpaired) electrons. The first-order valence-electron chi connectivity index (χ1n) is 6.98. The molecule has 1 N–H and O–H groups in total. The van der Waals surface area contributed by atoms with Crippen LogP contribution in [-0.2, 0) is 9.47 Å². The zero-order chi connectivity index (χ0) is 14.0. The first-order chi connectivity index (χ1) is 9.72. The molecule has 1 aromatic carbocycles. The van der Waals surface area contributed by atoms with Gasteiger partial charge >= 0.3 is 0 Å². The minimum absolute atomic E-state index is 0.349. The van der Waals surface area contributed by atoms with Crippen molar-refractivity contribution >= 4 is 0 Å². The molecule has 1 spiro atoms. The highest BCUT2D eigenvalue weighted by Gasteiger charge is 2.46. The maximum absolute atomic E-state index is 10.2. The summed E-state index contributed by atoms with van der Waals surface area (Å²) in [6.07, 6.45) is 0.989. The molecule has 2 atom stereocenters. The van der Waals surface area contributed by atoms with Crippen LogP contribution in [0, 0.1) is 0 Å². The molecule has 1 heterocycles. The molecule has 1 saturated heterocycles. The van der Waals surface area contributed by atoms with Crippen LogP contribution in [0.1, 0.15) is 19.3 Å². The van der Waals surface area contributed by atoms with Crippen molar-refractivity contribution in [1.82, 2.24) is 0 Å². The van der Waals surface area contributed by atoms with Gasteiger partial charge in [0.05, 0.1) is 26.4 Å². The second-order valence-electron chi connectivity index (χ2n) is 5.22. The van der Waals surface area contributed by atoms with E-state index in [4.69, 9.17) is 18.9 Å². The fourth-order valence-electron chi connectivity index (χ4n) is 2.86. The van der Waals surface area contributed by atoms with E-state index in [1.54, 1.807) is 7.11 Å². The minimum Gasteiger partial charge on any atom is -0.493 e. The normalized spacial score (nSPS) is 28.5. The molecule has 2 aliphatic rings. The van der Waals surface area contributed by atoms with Crippen LogP contribution < -0.4 is 9.47 Å². The summed E-state index contributed by atoms with van der Waals surface area (Å²) < 4.78 is 22.6. The van der Waals surface area contributed by atoms with Gasteiger partial charge in [0.25, 0.3) is 0 Å². The van der Waals surface area contributed by atoms with E-state index < -0.39 is 11.9 Å². The zero-order valence-electron chi connectivity index (χ0n) is 11.6. The minimum atomic E-state index is -0.577. The van der Waals surface area contributed by atoms with E-state index in [0.717, 1.165) is 0 Å². The Morgan fingerprint density at radius 1 is 1.20 bits per heavy atom. The molecule has 5 nitrogen and oxygen atoms in total. The Bertz CT molecular complexity index is 455. The average Bonchev–Trinajstić information content (AvgIpc) is 2.92. The van der Waals surface area contributed by atoms with Crippen molar-refractivity contribution in [1.29, 1.82) is 0 Å². The number of aliphatic hydroxyl groups is 1. The van der Waals surface area contributed by atoms with Crippen molar-refractivity contribution in [2.45, 2.75) is 37.3 Å². The van der Waals surface area contributed by atoms with Crippen LogP contribution in [0.25, 0.3) is 0 Å². The fraction of sp³-hybridized carbons (Fsp3) is 0.600. The monoisotopic (exact) mass is 280 g/mol. The lowest BCUT2D eigenvalue weighted by Crippen LogP contribution is -2.47. The Hall–Kier alpha value is -1.30. The Morgan fingerprint density at radius 2 is 1.90 bits per heavy atom. The van der Waals surface area contributed by atoms with E-state index in [9.17, 15) is 5.11 Å². The van der Waals surface area contributed by atoms with E-state index >= 15 is 0 Å². The van der Waals surface area contributed by atoms with Crippen molar-refractivity contribution < 1.29 is 24.1 Å². The highest BCUT2D eigenvalue weighted by Crippen LogP contribution is 2.38. The average molecular weight is 280 g/mol. The molecule has 3 rings (SSSR count). The topological polar surface area (TPSA) is 57.2 Å². The quantitative estimate of drug-likeness (QED) is 0.914. The molecule has 2 unspecified atom stereocenters. The summed E-state index contributed by atoms with van der Waals surface area (Å²) in [6, 6.07) is 7.44. The maximum atomic E-state index is 10.2. The number of benzene rings is 1. The largest absolute Gasteiger partial charge is 0.493 e. The summed E-state index contributed by atoms with van der Waals surface area (Å²) in [4.78, 5) is 0. The van der Waals surface area contributed by atoms with E-state index in [2.05, 4.69) is 0 Å². The predicted molar refractivity (Wildman–Crippen MR) is 71.9 cm³/mol. The molecule has 5 heteroatoms. The predicted octanol–water partition coefficient (Wildman–Crippen LogP) is 1.73. The van der Waals surface area contributed by atoms with Crippen molar-refractivity contribution in [2.75, 3.05) is 20.3 Å². The molecule has 1 aliphatic carbocycles. The van der Waals surface area contributed by atoms with Gasteiger partial charge in [0.15, 0.2) is 17.3 Å². The number of para-hydroxylation sites is 2. The lowest BCUT2D eigenvalue weighted by molar-refractivity contribution is -0.209. The maximum Gasteiger partial charge on any atom is 0.172 e. The van der Waals surface area contributed by atoms with Gasteiger partial charge in [0, 0.05) is 12.8 Å². The molecule has 20 heavy (non-hydrogen) atoms. The van der Waals surface area contributed by atoms with Gasteiger partial charge in [0.2, 0.25) is 0 Å². The van der Waals surface area contributed by atoms with Crippen LogP contribution in [-0.4, -0.2) is 43.4 Å². The van der Waals surface area contributed by atoms with Gasteiger partial charge in [-0.15, -0.1) is 0 Å². The van der Waals surface area contributed by atoms with Gasteiger partial charge < -0.3 is 24.1 Å². The summed E-state index contributed by atoms with van der Waals surface area (Å²) in [5.41, 5.74) is 0. The molecule has 1 saturated carbocycles. The van der Waals surface area contributed by atoms with Crippen LogP contribution >= 0.6 is 0 Å². The lowest BCUT2D eigenvalue weighted by Gasteiger charge is -2.38. The van der Waals surface area contributed by atoms with Gasteiger partial charge in [-0.3, -0.25) is 0 Å². The van der Waals surface area contributed by atoms with Gasteiger partial charge in [-0.05, 0) is 18.6 Å². The smallest absolute Gasteiger partial charge is 0.172 e. The van der Waals surface area contributed by atoms with Crippen LogP contribution in [0.15, 0.2) is 24.3 Å².